The van der Waals surface area contributed by atoms with E-state index < -0.39 is 0 Å². The van der Waals surface area contributed by atoms with Crippen LogP contribution in [-0.4, -0.2) is 25.9 Å². The van der Waals surface area contributed by atoms with Crippen molar-refractivity contribution in [1.82, 2.24) is 19.3 Å². The van der Waals surface area contributed by atoms with Crippen LogP contribution in [0, 0.1) is 12.3 Å². The van der Waals surface area contributed by atoms with Crippen LogP contribution in [0.3, 0.4) is 0 Å². The van der Waals surface area contributed by atoms with E-state index in [-0.39, 0.29) is 28.6 Å². The number of carbonyl (C=O) groups is 1. The number of carbonyl (C=O) groups excluding carboxylic acids is 1. The van der Waals surface area contributed by atoms with E-state index in [2.05, 4.69) is 5.32 Å². The molecule has 3 heterocycles. The third-order valence-electron chi connectivity index (χ3n) is 4.98. The van der Waals surface area contributed by atoms with Gasteiger partial charge in [-0.05, 0) is 44.0 Å². The number of hydrogen-bond donors (Lipinski definition) is 2. The topological polar surface area (TPSA) is 92.3 Å². The van der Waals surface area contributed by atoms with Gasteiger partial charge in [0, 0.05) is 12.2 Å². The Morgan fingerprint density at radius 3 is 2.57 bits per heavy atom. The standard InChI is InChI=1S/C23H23N5O2/c1-14(2)25-22(29)17-12-18-21(26-20-15(3)8-7-11-27(20)23(18)30)28(19(17)24)13-16-9-5-4-6-10-16/h4-12,14,24H,13H2,1-3H3,(H,25,29). The van der Waals surface area contributed by atoms with Gasteiger partial charge in [-0.1, -0.05) is 36.4 Å². The van der Waals surface area contributed by atoms with Gasteiger partial charge in [0.05, 0.1) is 17.5 Å². The van der Waals surface area contributed by atoms with Crippen LogP contribution in [0.5, 0.6) is 0 Å². The first-order valence-electron chi connectivity index (χ1n) is 9.81. The number of nitrogens with one attached hydrogen (secondary N) is 2. The van der Waals surface area contributed by atoms with Crippen LogP contribution in [-0.2, 0) is 6.54 Å². The first-order valence-corrected chi connectivity index (χ1v) is 9.81. The third-order valence-corrected chi connectivity index (χ3v) is 4.98. The molecule has 7 nitrogen and oxygen atoms in total. The number of rotatable bonds is 4. The lowest BCUT2D eigenvalue weighted by Crippen LogP contribution is -2.37. The molecule has 30 heavy (non-hydrogen) atoms. The number of fused-ring (bicyclic) bond motifs is 2. The van der Waals surface area contributed by atoms with Gasteiger partial charge in [0.25, 0.3) is 11.5 Å². The van der Waals surface area contributed by atoms with Crippen molar-refractivity contribution in [2.45, 2.75) is 33.4 Å². The third kappa shape index (κ3) is 3.39. The van der Waals surface area contributed by atoms with Crippen LogP contribution in [0.25, 0.3) is 16.7 Å². The number of amides is 1. The lowest BCUT2D eigenvalue weighted by Gasteiger charge is -2.16. The van der Waals surface area contributed by atoms with E-state index in [1.54, 1.807) is 16.8 Å². The molecule has 0 unspecified atom stereocenters. The van der Waals surface area contributed by atoms with E-state index in [1.807, 2.05) is 57.2 Å². The number of nitrogens with zero attached hydrogens (tertiary/aromatic N) is 3. The van der Waals surface area contributed by atoms with E-state index in [4.69, 9.17) is 10.4 Å². The summed E-state index contributed by atoms with van der Waals surface area (Å²) in [6.07, 6.45) is 1.67. The quantitative estimate of drug-likeness (QED) is 0.515. The fraction of sp³-hybridized carbons (Fsp3) is 0.217. The Labute approximate surface area is 173 Å². The minimum Gasteiger partial charge on any atom is -0.350 e. The van der Waals surface area contributed by atoms with E-state index in [9.17, 15) is 9.59 Å². The molecule has 0 atom stereocenters. The predicted molar refractivity (Wildman–Crippen MR) is 116 cm³/mol. The largest absolute Gasteiger partial charge is 0.350 e. The second kappa shape index (κ2) is 7.59. The molecule has 0 aliphatic rings. The molecular weight excluding hydrogens is 378 g/mol. The molecule has 3 aromatic heterocycles. The highest BCUT2D eigenvalue weighted by atomic mass is 16.1. The molecule has 4 rings (SSSR count). The summed E-state index contributed by atoms with van der Waals surface area (Å²) in [6.45, 7) is 5.93. The van der Waals surface area contributed by atoms with Crippen molar-refractivity contribution >= 4 is 22.6 Å². The van der Waals surface area contributed by atoms with Crippen LogP contribution in [0.1, 0.15) is 35.3 Å². The lowest BCUT2D eigenvalue weighted by molar-refractivity contribution is 0.0940. The number of hydrogen-bond acceptors (Lipinski definition) is 4. The van der Waals surface area contributed by atoms with Crippen molar-refractivity contribution in [3.63, 3.8) is 0 Å². The molecule has 7 heteroatoms. The molecule has 0 radical (unpaired) electrons. The van der Waals surface area contributed by atoms with Gasteiger partial charge >= 0.3 is 0 Å². The molecule has 0 bridgehead atoms. The first-order chi connectivity index (χ1) is 14.4. The van der Waals surface area contributed by atoms with Crippen molar-refractivity contribution in [3.05, 3.63) is 87.3 Å². The molecule has 152 valence electrons. The molecule has 4 aromatic rings. The maximum absolute atomic E-state index is 13.3. The van der Waals surface area contributed by atoms with Crippen molar-refractivity contribution in [2.24, 2.45) is 0 Å². The lowest BCUT2D eigenvalue weighted by atomic mass is 10.1. The average Bonchev–Trinajstić information content (AvgIpc) is 2.71. The van der Waals surface area contributed by atoms with Crippen LogP contribution < -0.4 is 16.4 Å². The molecular formula is C23H23N5O2. The summed E-state index contributed by atoms with van der Waals surface area (Å²) in [7, 11) is 0. The zero-order chi connectivity index (χ0) is 21.4. The van der Waals surface area contributed by atoms with Gasteiger partial charge in [-0.15, -0.1) is 0 Å². The minimum atomic E-state index is -0.382. The summed E-state index contributed by atoms with van der Waals surface area (Å²) in [5.41, 5.74) is 2.65. The number of pyridine rings is 2. The van der Waals surface area contributed by atoms with Gasteiger partial charge in [0.1, 0.15) is 16.8 Å². The van der Waals surface area contributed by atoms with Crippen LogP contribution in [0.15, 0.2) is 59.5 Å². The summed E-state index contributed by atoms with van der Waals surface area (Å²) >= 11 is 0. The maximum atomic E-state index is 13.3. The van der Waals surface area contributed by atoms with Gasteiger partial charge in [-0.25, -0.2) is 4.98 Å². The highest BCUT2D eigenvalue weighted by Gasteiger charge is 2.18. The van der Waals surface area contributed by atoms with Crippen molar-refractivity contribution < 1.29 is 4.79 Å². The summed E-state index contributed by atoms with van der Waals surface area (Å²) in [5.74, 6) is -0.382. The molecule has 0 fully saturated rings. The van der Waals surface area contributed by atoms with Crippen molar-refractivity contribution in [1.29, 1.82) is 5.41 Å². The normalized spacial score (nSPS) is 11.3. The number of aryl methyl sites for hydroxylation is 1. The molecule has 2 N–H and O–H groups in total. The van der Waals surface area contributed by atoms with Gasteiger partial charge in [-0.2, -0.15) is 0 Å². The monoisotopic (exact) mass is 401 g/mol. The fourth-order valence-electron chi connectivity index (χ4n) is 3.53. The van der Waals surface area contributed by atoms with Gasteiger partial charge in [0.15, 0.2) is 0 Å². The Morgan fingerprint density at radius 2 is 1.87 bits per heavy atom. The van der Waals surface area contributed by atoms with Crippen LogP contribution >= 0.6 is 0 Å². The molecule has 1 aromatic carbocycles. The molecule has 0 saturated heterocycles. The van der Waals surface area contributed by atoms with E-state index >= 15 is 0 Å². The Morgan fingerprint density at radius 1 is 1.13 bits per heavy atom. The van der Waals surface area contributed by atoms with Crippen LogP contribution in [0.2, 0.25) is 0 Å². The molecule has 0 saturated carbocycles. The Hall–Kier alpha value is -3.74. The molecule has 0 aliphatic carbocycles. The highest BCUT2D eigenvalue weighted by Crippen LogP contribution is 2.14. The number of benzene rings is 1. The zero-order valence-electron chi connectivity index (χ0n) is 17.1. The summed E-state index contributed by atoms with van der Waals surface area (Å²) < 4.78 is 3.12. The smallest absolute Gasteiger partial charge is 0.267 e. The van der Waals surface area contributed by atoms with E-state index in [0.29, 0.717) is 23.2 Å². The second-order valence-corrected chi connectivity index (χ2v) is 7.65. The van der Waals surface area contributed by atoms with Gasteiger partial charge in [-0.3, -0.25) is 19.4 Å². The van der Waals surface area contributed by atoms with Gasteiger partial charge in [0.2, 0.25) is 0 Å². The summed E-state index contributed by atoms with van der Waals surface area (Å²) in [5, 5.41) is 11.9. The van der Waals surface area contributed by atoms with E-state index in [0.717, 1.165) is 11.1 Å². The number of aromatic nitrogens is 3. The maximum Gasteiger partial charge on any atom is 0.267 e. The predicted octanol–water partition coefficient (Wildman–Crippen LogP) is 2.62. The summed E-state index contributed by atoms with van der Waals surface area (Å²) in [6, 6.07) is 14.7. The average molecular weight is 401 g/mol. The molecule has 1 amide bonds. The SMILES string of the molecule is Cc1cccn2c(=O)c3cc(C(=O)NC(C)C)c(=N)n(Cc4ccccc4)c3nc12. The Bertz CT molecular complexity index is 1380. The molecule has 0 aliphatic heterocycles. The van der Waals surface area contributed by atoms with Gasteiger partial charge < -0.3 is 9.88 Å². The first kappa shape index (κ1) is 19.6. The second-order valence-electron chi connectivity index (χ2n) is 7.65. The Kier molecular flexibility index (Phi) is 4.95. The van der Waals surface area contributed by atoms with Crippen LogP contribution in [0.4, 0.5) is 0 Å². The van der Waals surface area contributed by atoms with Crippen molar-refractivity contribution in [2.75, 3.05) is 0 Å². The van der Waals surface area contributed by atoms with Crippen molar-refractivity contribution in [3.8, 4) is 0 Å². The zero-order valence-corrected chi connectivity index (χ0v) is 17.1. The highest BCUT2D eigenvalue weighted by molar-refractivity contribution is 5.97. The van der Waals surface area contributed by atoms with E-state index in [1.165, 1.54) is 10.5 Å². The minimum absolute atomic E-state index is 0.0225. The summed E-state index contributed by atoms with van der Waals surface area (Å²) in [4.78, 5) is 30.8. The molecule has 0 spiro atoms. The Balaban J connectivity index is 2.08. The fourth-order valence-corrected chi connectivity index (χ4v) is 3.53.